The van der Waals surface area contributed by atoms with E-state index < -0.39 is 5.97 Å². The minimum absolute atomic E-state index is 0.0242. The highest BCUT2D eigenvalue weighted by Gasteiger charge is 2.39. The van der Waals surface area contributed by atoms with Gasteiger partial charge < -0.3 is 19.5 Å². The van der Waals surface area contributed by atoms with Crippen LogP contribution in [-0.2, 0) is 4.74 Å². The number of hydrogen-bond acceptors (Lipinski definition) is 4. The second-order valence-corrected chi connectivity index (χ2v) is 5.91. The fraction of sp³-hybridized carbons (Fsp3) is 0.529. The molecule has 2 unspecified atom stereocenters. The van der Waals surface area contributed by atoms with E-state index in [-0.39, 0.29) is 29.3 Å². The van der Waals surface area contributed by atoms with Gasteiger partial charge in [0.2, 0.25) is 0 Å². The van der Waals surface area contributed by atoms with Crippen molar-refractivity contribution < 1.29 is 24.2 Å². The van der Waals surface area contributed by atoms with Gasteiger partial charge in [-0.3, -0.25) is 4.79 Å². The van der Waals surface area contributed by atoms with Crippen LogP contribution in [0.5, 0.6) is 5.75 Å². The number of carbonyl (C=O) groups excluding carboxylic acids is 1. The van der Waals surface area contributed by atoms with Crippen LogP contribution in [0.2, 0.25) is 0 Å². The largest absolute Gasteiger partial charge is 0.492 e. The molecule has 0 radical (unpaired) electrons. The van der Waals surface area contributed by atoms with Crippen molar-refractivity contribution in [3.05, 3.63) is 29.3 Å². The maximum atomic E-state index is 13.1. The molecule has 6 nitrogen and oxygen atoms in total. The molecule has 0 spiro atoms. The van der Waals surface area contributed by atoms with Gasteiger partial charge in [-0.25, -0.2) is 4.79 Å². The Bertz CT molecular complexity index is 593. The number of ether oxygens (including phenoxy) is 2. The number of fused-ring (bicyclic) bond motifs is 2. The van der Waals surface area contributed by atoms with Gasteiger partial charge in [0.15, 0.2) is 0 Å². The highest BCUT2D eigenvalue weighted by Crippen LogP contribution is 2.32. The van der Waals surface area contributed by atoms with E-state index in [0.29, 0.717) is 25.4 Å². The molecule has 0 aromatic heterocycles. The molecule has 2 atom stereocenters. The van der Waals surface area contributed by atoms with E-state index in [1.54, 1.807) is 19.1 Å². The third-order valence-corrected chi connectivity index (χ3v) is 4.48. The molecule has 6 heteroatoms. The Balaban J connectivity index is 1.98. The Labute approximate surface area is 135 Å². The fourth-order valence-corrected chi connectivity index (χ4v) is 3.48. The summed E-state index contributed by atoms with van der Waals surface area (Å²) in [4.78, 5) is 26.4. The first-order chi connectivity index (χ1) is 11.1. The zero-order valence-corrected chi connectivity index (χ0v) is 13.2. The summed E-state index contributed by atoms with van der Waals surface area (Å²) in [5.74, 6) is -1.09. The standard InChI is InChI=1S/C17H21NO5/c1-2-23-15-13(7-4-8-14(15)17(20)21)16(19)18-11-5-3-6-12(18)10-22-9-11/h4,7-8,11-12H,2-3,5-6,9-10H2,1H3,(H,20,21). The summed E-state index contributed by atoms with van der Waals surface area (Å²) in [6, 6.07) is 4.83. The van der Waals surface area contributed by atoms with Gasteiger partial charge in [0, 0.05) is 0 Å². The monoisotopic (exact) mass is 319 g/mol. The Morgan fingerprint density at radius 3 is 2.52 bits per heavy atom. The topological polar surface area (TPSA) is 76.1 Å². The van der Waals surface area contributed by atoms with Crippen molar-refractivity contribution in [1.82, 2.24) is 4.90 Å². The molecule has 2 heterocycles. The quantitative estimate of drug-likeness (QED) is 0.920. The van der Waals surface area contributed by atoms with Gasteiger partial charge in [-0.05, 0) is 38.3 Å². The number of benzene rings is 1. The first kappa shape index (κ1) is 15.8. The summed E-state index contributed by atoms with van der Waals surface area (Å²) in [6.07, 6.45) is 2.94. The average molecular weight is 319 g/mol. The van der Waals surface area contributed by atoms with Crippen molar-refractivity contribution in [3.8, 4) is 5.75 Å². The van der Waals surface area contributed by atoms with Crippen LogP contribution in [-0.4, -0.2) is 53.8 Å². The van der Waals surface area contributed by atoms with Crippen LogP contribution >= 0.6 is 0 Å². The molecule has 1 N–H and O–H groups in total. The van der Waals surface area contributed by atoms with E-state index in [0.717, 1.165) is 19.3 Å². The van der Waals surface area contributed by atoms with Crippen LogP contribution in [0.1, 0.15) is 46.9 Å². The molecule has 1 aromatic carbocycles. The molecule has 2 fully saturated rings. The number of carbonyl (C=O) groups is 2. The average Bonchev–Trinajstić information content (AvgIpc) is 2.53. The molecular formula is C17H21NO5. The summed E-state index contributed by atoms with van der Waals surface area (Å²) in [7, 11) is 0. The van der Waals surface area contributed by atoms with Crippen molar-refractivity contribution in [2.75, 3.05) is 19.8 Å². The number of rotatable bonds is 4. The molecule has 2 aliphatic rings. The molecule has 1 aromatic rings. The number of amides is 1. The Hall–Kier alpha value is -2.08. The number of morpholine rings is 1. The summed E-state index contributed by atoms with van der Waals surface area (Å²) >= 11 is 0. The molecule has 0 saturated carbocycles. The Morgan fingerprint density at radius 2 is 1.91 bits per heavy atom. The second kappa shape index (κ2) is 6.58. The highest BCUT2D eigenvalue weighted by atomic mass is 16.5. The third-order valence-electron chi connectivity index (χ3n) is 4.48. The molecule has 1 amide bonds. The van der Waals surface area contributed by atoms with E-state index in [9.17, 15) is 14.7 Å². The number of aromatic carboxylic acids is 1. The number of para-hydroxylation sites is 1. The van der Waals surface area contributed by atoms with Gasteiger partial charge in [0.25, 0.3) is 5.91 Å². The summed E-state index contributed by atoms with van der Waals surface area (Å²) in [5.41, 5.74) is 0.349. The van der Waals surface area contributed by atoms with Crippen molar-refractivity contribution in [2.45, 2.75) is 38.3 Å². The van der Waals surface area contributed by atoms with Crippen LogP contribution < -0.4 is 4.74 Å². The third kappa shape index (κ3) is 2.91. The number of piperidine rings is 1. The van der Waals surface area contributed by atoms with E-state index in [2.05, 4.69) is 0 Å². The van der Waals surface area contributed by atoms with E-state index in [1.165, 1.54) is 6.07 Å². The lowest BCUT2D eigenvalue weighted by Gasteiger charge is -2.45. The molecule has 124 valence electrons. The lowest BCUT2D eigenvalue weighted by Crippen LogP contribution is -2.57. The van der Waals surface area contributed by atoms with Gasteiger partial charge >= 0.3 is 5.97 Å². The van der Waals surface area contributed by atoms with Crippen LogP contribution in [0, 0.1) is 0 Å². The van der Waals surface area contributed by atoms with Gasteiger partial charge in [0.1, 0.15) is 11.3 Å². The zero-order chi connectivity index (χ0) is 16.4. The Morgan fingerprint density at radius 1 is 1.26 bits per heavy atom. The fourth-order valence-electron chi connectivity index (χ4n) is 3.48. The number of hydrogen-bond donors (Lipinski definition) is 1. The lowest BCUT2D eigenvalue weighted by molar-refractivity contribution is -0.0567. The first-order valence-corrected chi connectivity index (χ1v) is 8.03. The second-order valence-electron chi connectivity index (χ2n) is 5.91. The summed E-state index contributed by atoms with van der Waals surface area (Å²) < 4.78 is 11.1. The minimum atomic E-state index is -1.09. The lowest BCUT2D eigenvalue weighted by atomic mass is 9.93. The highest BCUT2D eigenvalue weighted by molar-refractivity contribution is 6.02. The molecular weight excluding hydrogens is 298 g/mol. The molecule has 23 heavy (non-hydrogen) atoms. The predicted molar refractivity (Wildman–Crippen MR) is 83.0 cm³/mol. The normalized spacial score (nSPS) is 23.4. The van der Waals surface area contributed by atoms with Crippen LogP contribution in [0.15, 0.2) is 18.2 Å². The van der Waals surface area contributed by atoms with Crippen LogP contribution in [0.3, 0.4) is 0 Å². The van der Waals surface area contributed by atoms with Gasteiger partial charge in [-0.2, -0.15) is 0 Å². The smallest absolute Gasteiger partial charge is 0.339 e. The van der Waals surface area contributed by atoms with Gasteiger partial charge in [0.05, 0.1) is 37.5 Å². The van der Waals surface area contributed by atoms with Crippen molar-refractivity contribution >= 4 is 11.9 Å². The summed E-state index contributed by atoms with van der Waals surface area (Å²) in [6.45, 7) is 3.17. The van der Waals surface area contributed by atoms with E-state index in [4.69, 9.17) is 9.47 Å². The van der Waals surface area contributed by atoms with E-state index in [1.807, 2.05) is 4.90 Å². The molecule has 2 aliphatic heterocycles. The van der Waals surface area contributed by atoms with Gasteiger partial charge in [-0.15, -0.1) is 0 Å². The van der Waals surface area contributed by atoms with Crippen molar-refractivity contribution in [1.29, 1.82) is 0 Å². The number of carboxylic acid groups (broad SMARTS) is 1. The molecule has 3 rings (SSSR count). The van der Waals surface area contributed by atoms with E-state index >= 15 is 0 Å². The van der Waals surface area contributed by atoms with Crippen molar-refractivity contribution in [2.24, 2.45) is 0 Å². The minimum Gasteiger partial charge on any atom is -0.492 e. The Kier molecular flexibility index (Phi) is 4.52. The number of nitrogens with zero attached hydrogens (tertiary/aromatic N) is 1. The predicted octanol–water partition coefficient (Wildman–Crippen LogP) is 2.18. The maximum absolute atomic E-state index is 13.1. The SMILES string of the molecule is CCOc1c(C(=O)O)cccc1C(=O)N1C2CCCC1COC2. The van der Waals surface area contributed by atoms with Crippen LogP contribution in [0.25, 0.3) is 0 Å². The molecule has 0 aliphatic carbocycles. The molecule has 2 saturated heterocycles. The maximum Gasteiger partial charge on any atom is 0.339 e. The van der Waals surface area contributed by atoms with Gasteiger partial charge in [-0.1, -0.05) is 6.07 Å². The first-order valence-electron chi connectivity index (χ1n) is 8.03. The summed E-state index contributed by atoms with van der Waals surface area (Å²) in [5, 5.41) is 9.35. The zero-order valence-electron chi connectivity index (χ0n) is 13.2. The molecule has 2 bridgehead atoms. The number of carboxylic acids is 1. The van der Waals surface area contributed by atoms with Crippen LogP contribution in [0.4, 0.5) is 0 Å². The van der Waals surface area contributed by atoms with Crippen molar-refractivity contribution in [3.63, 3.8) is 0 Å².